The van der Waals surface area contributed by atoms with Crippen LogP contribution in [-0.2, 0) is 10.2 Å². The number of piperidine rings is 1. The van der Waals surface area contributed by atoms with E-state index >= 15 is 0 Å². The number of nitrogens with zero attached hydrogens (tertiary/aromatic N) is 4. The molecular formula is C31H37N5O2. The molecule has 2 fully saturated rings. The maximum atomic E-state index is 13.4. The summed E-state index contributed by atoms with van der Waals surface area (Å²) in [6.07, 6.45) is 4.29. The minimum Gasteiger partial charge on any atom is -0.339 e. The van der Waals surface area contributed by atoms with Crippen molar-refractivity contribution < 1.29 is 9.59 Å². The smallest absolute Gasteiger partial charge is 0.253 e. The van der Waals surface area contributed by atoms with Crippen molar-refractivity contribution in [3.05, 3.63) is 83.6 Å². The second-order valence-electron chi connectivity index (χ2n) is 11.4. The van der Waals surface area contributed by atoms with E-state index in [0.29, 0.717) is 18.3 Å². The number of hydrogen-bond acceptors (Lipinski definition) is 5. The molecule has 5 rings (SSSR count). The SMILES string of the molecule is CC(C)(C)c1ccc(C(=O)N2CCC(c3ccc(N(C(=O)[C@H]4CCNC4)c4cccnn4)cc3)CC2)cc1. The van der Waals surface area contributed by atoms with Gasteiger partial charge in [-0.3, -0.25) is 14.5 Å². The van der Waals surface area contributed by atoms with Gasteiger partial charge in [0, 0.05) is 31.4 Å². The summed E-state index contributed by atoms with van der Waals surface area (Å²) in [5, 5.41) is 11.5. The Morgan fingerprint density at radius 2 is 1.66 bits per heavy atom. The fourth-order valence-electron chi connectivity index (χ4n) is 5.44. The van der Waals surface area contributed by atoms with Crippen molar-refractivity contribution >= 4 is 23.3 Å². The molecule has 3 heterocycles. The van der Waals surface area contributed by atoms with Crippen LogP contribution in [0.15, 0.2) is 66.9 Å². The molecule has 1 N–H and O–H groups in total. The highest BCUT2D eigenvalue weighted by atomic mass is 16.2. The summed E-state index contributed by atoms with van der Waals surface area (Å²) in [7, 11) is 0. The molecule has 0 bridgehead atoms. The van der Waals surface area contributed by atoms with Crippen molar-refractivity contribution in [3.63, 3.8) is 0 Å². The molecular weight excluding hydrogens is 474 g/mol. The Labute approximate surface area is 225 Å². The number of hydrogen-bond donors (Lipinski definition) is 1. The van der Waals surface area contributed by atoms with Gasteiger partial charge in [-0.1, -0.05) is 45.0 Å². The number of aromatic nitrogens is 2. The van der Waals surface area contributed by atoms with Crippen LogP contribution in [0, 0.1) is 5.92 Å². The van der Waals surface area contributed by atoms with E-state index < -0.39 is 0 Å². The van der Waals surface area contributed by atoms with Gasteiger partial charge in [0.25, 0.3) is 5.91 Å². The van der Waals surface area contributed by atoms with Crippen LogP contribution in [0.3, 0.4) is 0 Å². The van der Waals surface area contributed by atoms with Crippen molar-refractivity contribution in [1.82, 2.24) is 20.4 Å². The molecule has 7 heteroatoms. The van der Waals surface area contributed by atoms with Crippen molar-refractivity contribution in [2.45, 2.75) is 51.4 Å². The molecule has 2 aliphatic heterocycles. The minimum atomic E-state index is -0.0665. The van der Waals surface area contributed by atoms with Crippen LogP contribution in [0.2, 0.25) is 0 Å². The van der Waals surface area contributed by atoms with E-state index in [0.717, 1.165) is 50.1 Å². The van der Waals surface area contributed by atoms with Crippen molar-refractivity contribution in [1.29, 1.82) is 0 Å². The third kappa shape index (κ3) is 5.63. The van der Waals surface area contributed by atoms with Crippen LogP contribution >= 0.6 is 0 Å². The average molecular weight is 512 g/mol. The lowest BCUT2D eigenvalue weighted by Crippen LogP contribution is -2.38. The summed E-state index contributed by atoms with van der Waals surface area (Å²) in [4.78, 5) is 30.2. The van der Waals surface area contributed by atoms with Crippen molar-refractivity contribution in [3.8, 4) is 0 Å². The number of anilines is 2. The second-order valence-corrected chi connectivity index (χ2v) is 11.4. The second kappa shape index (κ2) is 11.0. The van der Waals surface area contributed by atoms with Crippen LogP contribution < -0.4 is 10.2 Å². The third-order valence-electron chi connectivity index (χ3n) is 7.82. The molecule has 2 saturated heterocycles. The highest BCUT2D eigenvalue weighted by Gasteiger charge is 2.30. The fraction of sp³-hybridized carbons (Fsp3) is 0.419. The molecule has 2 aliphatic rings. The van der Waals surface area contributed by atoms with E-state index in [1.54, 1.807) is 17.2 Å². The number of carbonyl (C=O) groups is 2. The van der Waals surface area contributed by atoms with Gasteiger partial charge >= 0.3 is 0 Å². The Hall–Kier alpha value is -3.58. The Kier molecular flexibility index (Phi) is 7.56. The van der Waals surface area contributed by atoms with E-state index in [4.69, 9.17) is 0 Å². The summed E-state index contributed by atoms with van der Waals surface area (Å²) in [6.45, 7) is 9.56. The molecule has 38 heavy (non-hydrogen) atoms. The summed E-state index contributed by atoms with van der Waals surface area (Å²) in [6, 6.07) is 19.9. The van der Waals surface area contributed by atoms with Crippen LogP contribution in [0.25, 0.3) is 0 Å². The van der Waals surface area contributed by atoms with E-state index in [9.17, 15) is 9.59 Å². The van der Waals surface area contributed by atoms with Crippen molar-refractivity contribution in [2.75, 3.05) is 31.1 Å². The van der Waals surface area contributed by atoms with Gasteiger partial charge in [-0.2, -0.15) is 5.10 Å². The van der Waals surface area contributed by atoms with Crippen LogP contribution in [0.1, 0.15) is 67.4 Å². The predicted octanol–water partition coefficient (Wildman–Crippen LogP) is 5.07. The normalized spacial score (nSPS) is 18.4. The van der Waals surface area contributed by atoms with Gasteiger partial charge in [-0.25, -0.2) is 0 Å². The minimum absolute atomic E-state index is 0.0469. The zero-order valence-electron chi connectivity index (χ0n) is 22.6. The number of amides is 2. The van der Waals surface area contributed by atoms with Gasteiger partial charge in [0.05, 0.1) is 11.6 Å². The topological polar surface area (TPSA) is 78.4 Å². The monoisotopic (exact) mass is 511 g/mol. The number of rotatable bonds is 5. The molecule has 0 radical (unpaired) electrons. The lowest BCUT2D eigenvalue weighted by atomic mass is 9.86. The third-order valence-corrected chi connectivity index (χ3v) is 7.82. The molecule has 2 aromatic carbocycles. The Bertz CT molecular complexity index is 1240. The average Bonchev–Trinajstić information content (AvgIpc) is 3.49. The highest BCUT2D eigenvalue weighted by Crippen LogP contribution is 2.33. The maximum Gasteiger partial charge on any atom is 0.253 e. The fourth-order valence-corrected chi connectivity index (χ4v) is 5.44. The van der Waals surface area contributed by atoms with E-state index in [2.05, 4.69) is 60.6 Å². The summed E-state index contributed by atoms with van der Waals surface area (Å²) < 4.78 is 0. The summed E-state index contributed by atoms with van der Waals surface area (Å²) in [5.74, 6) is 1.02. The summed E-state index contributed by atoms with van der Waals surface area (Å²) >= 11 is 0. The quantitative estimate of drug-likeness (QED) is 0.518. The van der Waals surface area contributed by atoms with E-state index in [-0.39, 0.29) is 23.1 Å². The number of benzene rings is 2. The lowest BCUT2D eigenvalue weighted by Gasteiger charge is -2.32. The van der Waals surface area contributed by atoms with Crippen LogP contribution in [0.4, 0.5) is 11.5 Å². The van der Waals surface area contributed by atoms with Gasteiger partial charge < -0.3 is 10.2 Å². The van der Waals surface area contributed by atoms with Crippen LogP contribution in [0.5, 0.6) is 0 Å². The standard InChI is InChI=1S/C31H37N5O2/c1-31(2,3)26-10-6-24(7-11-26)29(37)35-19-15-23(16-20-35)22-8-12-27(13-9-22)36(28-5-4-17-33-34-28)30(38)25-14-18-32-21-25/h4-13,17,23,25,32H,14-16,18-21H2,1-3H3/t25-/m0/s1. The molecule has 2 amide bonds. The van der Waals surface area contributed by atoms with Crippen molar-refractivity contribution in [2.24, 2.45) is 5.92 Å². The van der Waals surface area contributed by atoms with Gasteiger partial charge in [-0.05, 0) is 84.7 Å². The lowest BCUT2D eigenvalue weighted by molar-refractivity contribution is -0.121. The maximum absolute atomic E-state index is 13.4. The molecule has 198 valence electrons. The number of carbonyl (C=O) groups excluding carboxylic acids is 2. The van der Waals surface area contributed by atoms with Gasteiger partial charge in [0.1, 0.15) is 0 Å². The van der Waals surface area contributed by atoms with E-state index in [1.165, 1.54) is 11.1 Å². The first-order valence-electron chi connectivity index (χ1n) is 13.6. The first-order valence-corrected chi connectivity index (χ1v) is 13.6. The number of nitrogens with one attached hydrogen (secondary N) is 1. The molecule has 0 aliphatic carbocycles. The molecule has 7 nitrogen and oxygen atoms in total. The number of likely N-dealkylation sites (tertiary alicyclic amines) is 1. The zero-order valence-corrected chi connectivity index (χ0v) is 22.6. The van der Waals surface area contributed by atoms with Gasteiger partial charge in [-0.15, -0.1) is 5.10 Å². The Morgan fingerprint density at radius 1 is 0.947 bits per heavy atom. The Morgan fingerprint density at radius 3 is 2.24 bits per heavy atom. The predicted molar refractivity (Wildman–Crippen MR) is 150 cm³/mol. The van der Waals surface area contributed by atoms with Gasteiger partial charge in [0.15, 0.2) is 5.82 Å². The summed E-state index contributed by atoms with van der Waals surface area (Å²) in [5.41, 5.74) is 4.10. The zero-order chi connectivity index (χ0) is 26.7. The first kappa shape index (κ1) is 26.0. The van der Waals surface area contributed by atoms with Gasteiger partial charge in [0.2, 0.25) is 5.91 Å². The van der Waals surface area contributed by atoms with E-state index in [1.807, 2.05) is 35.2 Å². The van der Waals surface area contributed by atoms with Crippen LogP contribution in [-0.4, -0.2) is 53.1 Å². The molecule has 1 atom stereocenters. The molecule has 0 saturated carbocycles. The first-order chi connectivity index (χ1) is 18.3. The molecule has 1 aromatic heterocycles. The largest absolute Gasteiger partial charge is 0.339 e. The highest BCUT2D eigenvalue weighted by molar-refractivity contribution is 6.01. The molecule has 0 unspecified atom stereocenters. The molecule has 0 spiro atoms. The molecule has 3 aromatic rings. The Balaban J connectivity index is 1.25.